The van der Waals surface area contributed by atoms with Crippen LogP contribution >= 0.6 is 0 Å². The standard InChI is InChI=1S/C15H9F3N6O2/c1-6-11(7-2-20-23-14(7)13(17)12(6)16)8-4-24-5-9(22-15(25)26-18)21-10(24)3-19-8/h2-5H,1H3,(H,20,23)(H,22,25). The number of carbonyl (C=O) groups is 1. The molecule has 0 saturated carbocycles. The summed E-state index contributed by atoms with van der Waals surface area (Å²) in [5.41, 5.74) is 1.04. The number of fused-ring (bicyclic) bond motifs is 2. The summed E-state index contributed by atoms with van der Waals surface area (Å²) in [6, 6.07) is 0. The molecule has 0 spiro atoms. The molecule has 0 radical (unpaired) electrons. The zero-order chi connectivity index (χ0) is 18.4. The molecule has 0 saturated heterocycles. The normalized spacial score (nSPS) is 11.2. The van der Waals surface area contributed by atoms with Crippen LogP contribution in [0.25, 0.3) is 27.8 Å². The molecule has 1 amide bonds. The molecule has 3 heterocycles. The molecule has 132 valence electrons. The van der Waals surface area contributed by atoms with E-state index in [1.165, 1.54) is 36.1 Å². The van der Waals surface area contributed by atoms with Gasteiger partial charge in [0.2, 0.25) is 0 Å². The van der Waals surface area contributed by atoms with Crippen molar-refractivity contribution in [2.75, 3.05) is 5.32 Å². The van der Waals surface area contributed by atoms with Crippen molar-refractivity contribution in [3.63, 3.8) is 0 Å². The largest absolute Gasteiger partial charge is 0.450 e. The monoisotopic (exact) mass is 362 g/mol. The second kappa shape index (κ2) is 5.72. The van der Waals surface area contributed by atoms with Gasteiger partial charge in [-0.2, -0.15) is 5.10 Å². The van der Waals surface area contributed by atoms with Crippen LogP contribution < -0.4 is 5.32 Å². The minimum Gasteiger partial charge on any atom is -0.301 e. The zero-order valence-corrected chi connectivity index (χ0v) is 13.0. The van der Waals surface area contributed by atoms with E-state index in [2.05, 4.69) is 30.4 Å². The Balaban J connectivity index is 1.89. The molecule has 26 heavy (non-hydrogen) atoms. The molecular weight excluding hydrogens is 353 g/mol. The van der Waals surface area contributed by atoms with Crippen LogP contribution in [0, 0.1) is 18.6 Å². The van der Waals surface area contributed by atoms with Crippen molar-refractivity contribution in [1.29, 1.82) is 0 Å². The average Bonchev–Trinajstić information content (AvgIpc) is 3.26. The minimum atomic E-state index is -1.32. The lowest BCUT2D eigenvalue weighted by molar-refractivity contribution is -0.0544. The molecule has 11 heteroatoms. The maximum absolute atomic E-state index is 14.2. The number of amides is 1. The van der Waals surface area contributed by atoms with Crippen molar-refractivity contribution in [2.45, 2.75) is 6.92 Å². The summed E-state index contributed by atoms with van der Waals surface area (Å²) in [7, 11) is 0. The third-order valence-corrected chi connectivity index (χ3v) is 3.92. The smallest absolute Gasteiger partial charge is 0.301 e. The van der Waals surface area contributed by atoms with Gasteiger partial charge in [0.25, 0.3) is 0 Å². The van der Waals surface area contributed by atoms with Gasteiger partial charge in [0.1, 0.15) is 5.52 Å². The van der Waals surface area contributed by atoms with Gasteiger partial charge >= 0.3 is 6.09 Å². The number of hydrogen-bond donors (Lipinski definition) is 2. The predicted molar refractivity (Wildman–Crippen MR) is 83.9 cm³/mol. The molecule has 0 unspecified atom stereocenters. The fraction of sp³-hybridized carbons (Fsp3) is 0.0667. The summed E-state index contributed by atoms with van der Waals surface area (Å²) in [6.45, 7) is 1.43. The summed E-state index contributed by atoms with van der Waals surface area (Å²) >= 11 is 0. The van der Waals surface area contributed by atoms with E-state index in [9.17, 15) is 18.1 Å². The minimum absolute atomic E-state index is 0.0297. The molecule has 8 nitrogen and oxygen atoms in total. The van der Waals surface area contributed by atoms with Crippen LogP contribution in [0.15, 0.2) is 24.8 Å². The van der Waals surface area contributed by atoms with E-state index >= 15 is 0 Å². The van der Waals surface area contributed by atoms with Crippen LogP contribution in [0.1, 0.15) is 5.56 Å². The second-order valence-electron chi connectivity index (χ2n) is 5.44. The maximum Gasteiger partial charge on any atom is 0.450 e. The number of halogens is 3. The van der Waals surface area contributed by atoms with Gasteiger partial charge in [0.05, 0.1) is 24.3 Å². The lowest BCUT2D eigenvalue weighted by Gasteiger charge is -2.09. The van der Waals surface area contributed by atoms with Crippen LogP contribution in [0.2, 0.25) is 0 Å². The molecule has 3 aromatic heterocycles. The van der Waals surface area contributed by atoms with Gasteiger partial charge in [-0.1, -0.05) is 0 Å². The maximum atomic E-state index is 14.2. The Hall–Kier alpha value is -3.63. The number of rotatable bonds is 2. The highest BCUT2D eigenvalue weighted by Gasteiger charge is 2.21. The van der Waals surface area contributed by atoms with Crippen molar-refractivity contribution in [3.8, 4) is 11.3 Å². The number of aromatic amines is 1. The summed E-state index contributed by atoms with van der Waals surface area (Å²) in [4.78, 5) is 22.2. The Labute approximate surface area is 142 Å². The molecule has 0 bridgehead atoms. The fourth-order valence-electron chi connectivity index (χ4n) is 2.77. The Bertz CT molecular complexity index is 1170. The number of hydrogen-bond acceptors (Lipinski definition) is 5. The molecule has 2 N–H and O–H groups in total. The SMILES string of the molecule is Cc1c(F)c(F)c2[nH]ncc2c1-c1cn2cc(NC(=O)OF)nc2cn1. The van der Waals surface area contributed by atoms with Gasteiger partial charge in [0, 0.05) is 21.7 Å². The highest BCUT2D eigenvalue weighted by Crippen LogP contribution is 2.33. The van der Waals surface area contributed by atoms with Gasteiger partial charge in [-0.15, -0.1) is 0 Å². The van der Waals surface area contributed by atoms with E-state index in [-0.39, 0.29) is 16.9 Å². The first-order chi connectivity index (χ1) is 12.5. The number of nitrogens with zero attached hydrogens (tertiary/aromatic N) is 4. The first-order valence-corrected chi connectivity index (χ1v) is 7.25. The topological polar surface area (TPSA) is 97.2 Å². The fourth-order valence-corrected chi connectivity index (χ4v) is 2.77. The molecule has 4 rings (SSSR count). The Morgan fingerprint density at radius 3 is 2.85 bits per heavy atom. The van der Waals surface area contributed by atoms with Gasteiger partial charge in [-0.3, -0.25) is 15.4 Å². The molecular formula is C15H9F3N6O2. The number of anilines is 1. The zero-order valence-electron chi connectivity index (χ0n) is 13.0. The van der Waals surface area contributed by atoms with Crippen molar-refractivity contribution in [3.05, 3.63) is 42.0 Å². The van der Waals surface area contributed by atoms with Crippen LogP contribution in [0.4, 0.5) is 23.9 Å². The Morgan fingerprint density at radius 2 is 2.08 bits per heavy atom. The van der Waals surface area contributed by atoms with E-state index in [0.717, 1.165) is 0 Å². The van der Waals surface area contributed by atoms with E-state index in [1.807, 2.05) is 0 Å². The number of nitrogens with one attached hydrogen (secondary N) is 2. The number of H-pyrrole nitrogens is 1. The molecule has 0 aliphatic carbocycles. The van der Waals surface area contributed by atoms with Crippen molar-refractivity contribution in [2.24, 2.45) is 0 Å². The summed E-state index contributed by atoms with van der Waals surface area (Å²) in [5.74, 6) is -1.99. The average molecular weight is 362 g/mol. The highest BCUT2D eigenvalue weighted by molar-refractivity contribution is 5.95. The third kappa shape index (κ3) is 2.32. The molecule has 0 atom stereocenters. The van der Waals surface area contributed by atoms with Crippen molar-refractivity contribution >= 4 is 28.5 Å². The van der Waals surface area contributed by atoms with Gasteiger partial charge in [-0.05, 0) is 12.5 Å². The highest BCUT2D eigenvalue weighted by atomic mass is 19.3. The molecule has 0 fully saturated rings. The molecule has 0 aliphatic heterocycles. The number of carbonyl (C=O) groups excluding carboxylic acids is 1. The summed E-state index contributed by atoms with van der Waals surface area (Å²) in [5, 5.41) is 8.63. The van der Waals surface area contributed by atoms with Crippen molar-refractivity contribution < 1.29 is 23.0 Å². The molecule has 0 aliphatic rings. The third-order valence-electron chi connectivity index (χ3n) is 3.92. The van der Waals surface area contributed by atoms with Crippen molar-refractivity contribution in [1.82, 2.24) is 24.6 Å². The molecule has 4 aromatic rings. The molecule has 1 aromatic carbocycles. The van der Waals surface area contributed by atoms with Gasteiger partial charge in [0.15, 0.2) is 23.1 Å². The Morgan fingerprint density at radius 1 is 1.27 bits per heavy atom. The first kappa shape index (κ1) is 15.9. The van der Waals surface area contributed by atoms with Crippen LogP contribution in [0.5, 0.6) is 0 Å². The van der Waals surface area contributed by atoms with Gasteiger partial charge in [-0.25, -0.2) is 23.5 Å². The van der Waals surface area contributed by atoms with E-state index in [0.29, 0.717) is 22.3 Å². The van der Waals surface area contributed by atoms with Crippen LogP contribution in [-0.4, -0.2) is 30.7 Å². The number of imidazole rings is 1. The van der Waals surface area contributed by atoms with Crippen LogP contribution in [0.3, 0.4) is 0 Å². The number of benzene rings is 1. The number of aromatic nitrogens is 5. The first-order valence-electron chi connectivity index (χ1n) is 7.25. The Kier molecular flexibility index (Phi) is 3.49. The van der Waals surface area contributed by atoms with E-state index < -0.39 is 17.7 Å². The van der Waals surface area contributed by atoms with E-state index in [4.69, 9.17) is 0 Å². The summed E-state index contributed by atoms with van der Waals surface area (Å²) < 4.78 is 41.6. The quantitative estimate of drug-likeness (QED) is 0.570. The van der Waals surface area contributed by atoms with Gasteiger partial charge < -0.3 is 4.40 Å². The lowest BCUT2D eigenvalue weighted by Crippen LogP contribution is -2.09. The van der Waals surface area contributed by atoms with Crippen LogP contribution in [-0.2, 0) is 4.94 Å². The lowest BCUT2D eigenvalue weighted by atomic mass is 10.0. The second-order valence-corrected chi connectivity index (χ2v) is 5.44. The predicted octanol–water partition coefficient (Wildman–Crippen LogP) is 3.29. The van der Waals surface area contributed by atoms with E-state index in [1.54, 1.807) is 0 Å². The summed E-state index contributed by atoms with van der Waals surface area (Å²) in [6.07, 6.45) is 4.33.